The lowest BCUT2D eigenvalue weighted by Crippen LogP contribution is -2.39. The summed E-state index contributed by atoms with van der Waals surface area (Å²) in [6.07, 6.45) is 1.24. The normalized spacial score (nSPS) is 11.9. The summed E-state index contributed by atoms with van der Waals surface area (Å²) < 4.78 is 0. The van der Waals surface area contributed by atoms with Crippen molar-refractivity contribution in [3.8, 4) is 0 Å². The third-order valence-corrected chi connectivity index (χ3v) is 2.46. The molecule has 0 aromatic carbocycles. The first-order chi connectivity index (χ1) is 7.97. The Labute approximate surface area is 99.0 Å². The number of anilines is 2. The van der Waals surface area contributed by atoms with Crippen molar-refractivity contribution in [1.82, 2.24) is 14.9 Å². The van der Waals surface area contributed by atoms with Crippen LogP contribution >= 0.6 is 0 Å². The zero-order valence-electron chi connectivity index (χ0n) is 10.2. The molecule has 0 saturated heterocycles. The van der Waals surface area contributed by atoms with Gasteiger partial charge in [-0.25, -0.2) is 4.98 Å². The van der Waals surface area contributed by atoms with E-state index in [-0.39, 0.29) is 17.4 Å². The number of nitrogens with one attached hydrogen (secondary N) is 2. The van der Waals surface area contributed by atoms with Gasteiger partial charge in [-0.1, -0.05) is 0 Å². The molecule has 0 spiro atoms. The highest BCUT2D eigenvalue weighted by Gasteiger charge is 2.17. The molecule has 0 aliphatic rings. The molecule has 1 aromatic heterocycles. The molecular formula is C10H17N5O2. The van der Waals surface area contributed by atoms with Gasteiger partial charge in [0.25, 0.3) is 5.56 Å². The number of carbonyl (C=O) groups is 1. The molecule has 0 radical (unpaired) electrons. The Morgan fingerprint density at radius 2 is 2.35 bits per heavy atom. The molecule has 0 bridgehead atoms. The lowest BCUT2D eigenvalue weighted by molar-refractivity contribution is -0.130. The number of carbonyl (C=O) groups excluding carboxylic acids is 1. The zero-order chi connectivity index (χ0) is 13.0. The molecule has 1 aromatic rings. The number of aromatic amines is 1. The van der Waals surface area contributed by atoms with E-state index in [1.807, 2.05) is 6.92 Å². The van der Waals surface area contributed by atoms with Gasteiger partial charge < -0.3 is 20.9 Å². The molecule has 0 fully saturated rings. The van der Waals surface area contributed by atoms with Gasteiger partial charge in [-0.2, -0.15) is 0 Å². The average molecular weight is 239 g/mol. The van der Waals surface area contributed by atoms with Crippen LogP contribution in [0.2, 0.25) is 0 Å². The van der Waals surface area contributed by atoms with Gasteiger partial charge in [-0.3, -0.25) is 9.59 Å². The Hall–Kier alpha value is -2.05. The van der Waals surface area contributed by atoms with Crippen LogP contribution in [0.5, 0.6) is 0 Å². The van der Waals surface area contributed by atoms with E-state index in [0.717, 1.165) is 0 Å². The molecule has 1 unspecified atom stereocenters. The second-order valence-electron chi connectivity index (χ2n) is 3.71. The lowest BCUT2D eigenvalue weighted by atomic mass is 10.3. The summed E-state index contributed by atoms with van der Waals surface area (Å²) in [5, 5.41) is 2.82. The van der Waals surface area contributed by atoms with Gasteiger partial charge in [-0.15, -0.1) is 0 Å². The molecule has 1 heterocycles. The fourth-order valence-corrected chi connectivity index (χ4v) is 1.28. The molecule has 0 aliphatic carbocycles. The molecule has 17 heavy (non-hydrogen) atoms. The molecule has 4 N–H and O–H groups in total. The molecule has 1 atom stereocenters. The minimum absolute atomic E-state index is 0.0219. The number of likely N-dealkylation sites (N-methyl/N-ethyl adjacent to an activating group) is 1. The van der Waals surface area contributed by atoms with Crippen LogP contribution in [0.4, 0.5) is 11.5 Å². The Kier molecular flexibility index (Phi) is 4.08. The van der Waals surface area contributed by atoms with Crippen molar-refractivity contribution in [2.24, 2.45) is 0 Å². The van der Waals surface area contributed by atoms with Crippen LogP contribution in [0.25, 0.3) is 0 Å². The highest BCUT2D eigenvalue weighted by Crippen LogP contribution is 2.09. The van der Waals surface area contributed by atoms with Gasteiger partial charge in [0, 0.05) is 13.6 Å². The maximum Gasteiger partial charge on any atom is 0.276 e. The molecule has 94 valence electrons. The summed E-state index contributed by atoms with van der Waals surface area (Å²) in [5.41, 5.74) is 5.10. The van der Waals surface area contributed by atoms with E-state index in [1.54, 1.807) is 18.9 Å². The van der Waals surface area contributed by atoms with E-state index in [9.17, 15) is 9.59 Å². The molecule has 1 amide bonds. The SMILES string of the molecule is CCN(C)C(=O)C(C)Nc1nc[nH]c(=O)c1N. The van der Waals surface area contributed by atoms with Crippen LogP contribution in [0.15, 0.2) is 11.1 Å². The Morgan fingerprint density at radius 1 is 1.71 bits per heavy atom. The first-order valence-corrected chi connectivity index (χ1v) is 5.32. The van der Waals surface area contributed by atoms with Gasteiger partial charge in [0.2, 0.25) is 5.91 Å². The van der Waals surface area contributed by atoms with Gasteiger partial charge >= 0.3 is 0 Å². The van der Waals surface area contributed by atoms with Crippen molar-refractivity contribution < 1.29 is 4.79 Å². The summed E-state index contributed by atoms with van der Waals surface area (Å²) in [4.78, 5) is 30.8. The van der Waals surface area contributed by atoms with Crippen molar-refractivity contribution in [2.75, 3.05) is 24.6 Å². The standard InChI is InChI=1S/C10H17N5O2/c1-4-15(3)10(17)6(2)14-8-7(11)9(16)13-5-12-8/h5-6H,4,11H2,1-3H3,(H2,12,13,14,16). The average Bonchev–Trinajstić information content (AvgIpc) is 2.32. The van der Waals surface area contributed by atoms with Crippen molar-refractivity contribution >= 4 is 17.4 Å². The number of hydrogen-bond acceptors (Lipinski definition) is 5. The maximum absolute atomic E-state index is 11.8. The molecular weight excluding hydrogens is 222 g/mol. The van der Waals surface area contributed by atoms with Crippen LogP contribution in [0.1, 0.15) is 13.8 Å². The van der Waals surface area contributed by atoms with Crippen molar-refractivity contribution in [1.29, 1.82) is 0 Å². The maximum atomic E-state index is 11.8. The molecule has 0 aliphatic heterocycles. The first-order valence-electron chi connectivity index (χ1n) is 5.32. The number of nitrogens with two attached hydrogens (primary N) is 1. The second kappa shape index (κ2) is 5.33. The van der Waals surface area contributed by atoms with Gasteiger partial charge in [0.05, 0.1) is 6.33 Å². The second-order valence-corrected chi connectivity index (χ2v) is 3.71. The molecule has 7 heteroatoms. The third kappa shape index (κ3) is 2.96. The van der Waals surface area contributed by atoms with Crippen molar-refractivity contribution in [2.45, 2.75) is 19.9 Å². The van der Waals surface area contributed by atoms with E-state index >= 15 is 0 Å². The van der Waals surface area contributed by atoms with Gasteiger partial charge in [-0.05, 0) is 13.8 Å². The Balaban J connectivity index is 2.81. The number of rotatable bonds is 4. The summed E-state index contributed by atoms with van der Waals surface area (Å²) in [7, 11) is 1.70. The number of H-pyrrole nitrogens is 1. The molecule has 7 nitrogen and oxygen atoms in total. The van der Waals surface area contributed by atoms with Crippen LogP contribution in [0.3, 0.4) is 0 Å². The third-order valence-electron chi connectivity index (χ3n) is 2.46. The van der Waals surface area contributed by atoms with Crippen LogP contribution in [0, 0.1) is 0 Å². The van der Waals surface area contributed by atoms with E-state index in [1.165, 1.54) is 6.33 Å². The monoisotopic (exact) mass is 239 g/mol. The highest BCUT2D eigenvalue weighted by atomic mass is 16.2. The largest absolute Gasteiger partial charge is 0.391 e. The number of nitrogen functional groups attached to an aromatic ring is 1. The van der Waals surface area contributed by atoms with Crippen molar-refractivity contribution in [3.05, 3.63) is 16.7 Å². The minimum atomic E-state index is -0.489. The minimum Gasteiger partial charge on any atom is -0.391 e. The lowest BCUT2D eigenvalue weighted by Gasteiger charge is -2.21. The molecule has 1 rings (SSSR count). The smallest absolute Gasteiger partial charge is 0.276 e. The zero-order valence-corrected chi connectivity index (χ0v) is 10.2. The van der Waals surface area contributed by atoms with Crippen LogP contribution < -0.4 is 16.6 Å². The number of amides is 1. The summed E-state index contributed by atoms with van der Waals surface area (Å²) in [5.74, 6) is 0.132. The topological polar surface area (TPSA) is 104 Å². The highest BCUT2D eigenvalue weighted by molar-refractivity contribution is 5.84. The Bertz CT molecular complexity index is 456. The van der Waals surface area contributed by atoms with E-state index in [4.69, 9.17) is 5.73 Å². The number of hydrogen-bond donors (Lipinski definition) is 3. The van der Waals surface area contributed by atoms with E-state index in [2.05, 4.69) is 15.3 Å². The van der Waals surface area contributed by atoms with Crippen LogP contribution in [-0.4, -0.2) is 40.4 Å². The van der Waals surface area contributed by atoms with Crippen LogP contribution in [-0.2, 0) is 4.79 Å². The van der Waals surface area contributed by atoms with E-state index in [0.29, 0.717) is 6.54 Å². The van der Waals surface area contributed by atoms with E-state index < -0.39 is 11.6 Å². The Morgan fingerprint density at radius 3 is 2.94 bits per heavy atom. The summed E-state index contributed by atoms with van der Waals surface area (Å²) >= 11 is 0. The quantitative estimate of drug-likeness (QED) is 0.665. The number of aromatic nitrogens is 2. The van der Waals surface area contributed by atoms with Gasteiger partial charge in [0.1, 0.15) is 11.7 Å². The summed E-state index contributed by atoms with van der Waals surface area (Å²) in [6.45, 7) is 4.18. The predicted octanol–water partition coefficient (Wildman–Crippen LogP) is -0.369. The fraction of sp³-hybridized carbons (Fsp3) is 0.500. The first kappa shape index (κ1) is 13.0. The fourth-order valence-electron chi connectivity index (χ4n) is 1.28. The summed E-state index contributed by atoms with van der Waals surface area (Å²) in [6, 6.07) is -0.489. The van der Waals surface area contributed by atoms with Gasteiger partial charge in [0.15, 0.2) is 5.82 Å². The predicted molar refractivity (Wildman–Crippen MR) is 65.7 cm³/mol. The number of nitrogens with zero attached hydrogens (tertiary/aromatic N) is 2. The van der Waals surface area contributed by atoms with Crippen molar-refractivity contribution in [3.63, 3.8) is 0 Å². The molecule has 0 saturated carbocycles.